The molecule has 1 aromatic rings. The van der Waals surface area contributed by atoms with E-state index < -0.39 is 5.54 Å². The number of likely N-dealkylation sites (N-methyl/N-ethyl adjacent to an activating group) is 1. The molecule has 0 bridgehead atoms. The van der Waals surface area contributed by atoms with Gasteiger partial charge in [-0.25, -0.2) is 0 Å². The molecule has 1 amide bonds. The molecular formula is C15H24N2O. The fraction of sp³-hybridized carbons (Fsp3) is 0.533. The molecule has 0 aliphatic carbocycles. The molecule has 1 rings (SSSR count). The summed E-state index contributed by atoms with van der Waals surface area (Å²) in [5, 5.41) is 6.18. The fourth-order valence-electron chi connectivity index (χ4n) is 1.89. The van der Waals surface area contributed by atoms with Crippen molar-refractivity contribution in [2.75, 3.05) is 13.1 Å². The number of carbonyl (C=O) groups excluding carboxylic acids is 1. The van der Waals surface area contributed by atoms with Crippen LogP contribution in [0.1, 0.15) is 39.2 Å². The standard InChI is InChI=1S/C15H24N2O/c1-5-17-15(3,4)14(18)16-11-12(2)13-9-7-6-8-10-13/h6-10,12,17H,5,11H2,1-4H3,(H,16,18). The maximum absolute atomic E-state index is 12.0. The Morgan fingerprint density at radius 2 is 1.89 bits per heavy atom. The zero-order chi connectivity index (χ0) is 13.6. The second kappa shape index (κ2) is 6.55. The Balaban J connectivity index is 2.48. The third-order valence-electron chi connectivity index (χ3n) is 3.12. The van der Waals surface area contributed by atoms with Crippen molar-refractivity contribution in [3.63, 3.8) is 0 Å². The summed E-state index contributed by atoms with van der Waals surface area (Å²) in [6.07, 6.45) is 0. The van der Waals surface area contributed by atoms with Crippen molar-refractivity contribution < 1.29 is 4.79 Å². The summed E-state index contributed by atoms with van der Waals surface area (Å²) < 4.78 is 0. The van der Waals surface area contributed by atoms with Crippen LogP contribution in [-0.4, -0.2) is 24.5 Å². The van der Waals surface area contributed by atoms with Crippen LogP contribution in [0.15, 0.2) is 30.3 Å². The lowest BCUT2D eigenvalue weighted by Gasteiger charge is -2.25. The lowest BCUT2D eigenvalue weighted by molar-refractivity contribution is -0.126. The SMILES string of the molecule is CCNC(C)(C)C(=O)NCC(C)c1ccccc1. The van der Waals surface area contributed by atoms with E-state index >= 15 is 0 Å². The summed E-state index contributed by atoms with van der Waals surface area (Å²) in [7, 11) is 0. The van der Waals surface area contributed by atoms with Gasteiger partial charge in [-0.3, -0.25) is 4.79 Å². The van der Waals surface area contributed by atoms with Gasteiger partial charge < -0.3 is 10.6 Å². The van der Waals surface area contributed by atoms with Crippen molar-refractivity contribution in [1.82, 2.24) is 10.6 Å². The number of nitrogens with one attached hydrogen (secondary N) is 2. The van der Waals surface area contributed by atoms with Gasteiger partial charge in [0, 0.05) is 6.54 Å². The third-order valence-corrected chi connectivity index (χ3v) is 3.12. The van der Waals surface area contributed by atoms with E-state index in [2.05, 4.69) is 29.7 Å². The minimum atomic E-state index is -0.509. The molecule has 0 heterocycles. The van der Waals surface area contributed by atoms with Gasteiger partial charge in [0.1, 0.15) is 0 Å². The Labute approximate surface area is 110 Å². The summed E-state index contributed by atoms with van der Waals surface area (Å²) in [5.74, 6) is 0.375. The number of amides is 1. The van der Waals surface area contributed by atoms with Gasteiger partial charge in [0.25, 0.3) is 0 Å². The van der Waals surface area contributed by atoms with E-state index in [4.69, 9.17) is 0 Å². The number of carbonyl (C=O) groups is 1. The Morgan fingerprint density at radius 3 is 2.44 bits per heavy atom. The maximum Gasteiger partial charge on any atom is 0.239 e. The summed E-state index contributed by atoms with van der Waals surface area (Å²) in [4.78, 5) is 12.0. The molecule has 2 N–H and O–H groups in total. The average Bonchev–Trinajstić information content (AvgIpc) is 2.36. The van der Waals surface area contributed by atoms with E-state index in [-0.39, 0.29) is 5.91 Å². The van der Waals surface area contributed by atoms with Gasteiger partial charge in [0.15, 0.2) is 0 Å². The van der Waals surface area contributed by atoms with Gasteiger partial charge in [0.2, 0.25) is 5.91 Å². The molecule has 18 heavy (non-hydrogen) atoms. The van der Waals surface area contributed by atoms with E-state index in [1.807, 2.05) is 39.0 Å². The van der Waals surface area contributed by atoms with Crippen LogP contribution in [0, 0.1) is 0 Å². The molecule has 1 unspecified atom stereocenters. The molecule has 0 fully saturated rings. The van der Waals surface area contributed by atoms with Crippen LogP contribution >= 0.6 is 0 Å². The van der Waals surface area contributed by atoms with Gasteiger partial charge in [-0.05, 0) is 31.9 Å². The van der Waals surface area contributed by atoms with E-state index in [0.717, 1.165) is 6.54 Å². The number of benzene rings is 1. The van der Waals surface area contributed by atoms with E-state index in [1.165, 1.54) is 5.56 Å². The zero-order valence-corrected chi connectivity index (χ0v) is 11.8. The predicted octanol–water partition coefficient (Wildman–Crippen LogP) is 2.29. The summed E-state index contributed by atoms with van der Waals surface area (Å²) in [6.45, 7) is 9.38. The molecule has 0 spiro atoms. The highest BCUT2D eigenvalue weighted by atomic mass is 16.2. The van der Waals surface area contributed by atoms with E-state index in [9.17, 15) is 4.79 Å². The Morgan fingerprint density at radius 1 is 1.28 bits per heavy atom. The second-order valence-corrected chi connectivity index (χ2v) is 5.18. The smallest absolute Gasteiger partial charge is 0.239 e. The van der Waals surface area contributed by atoms with Crippen LogP contribution < -0.4 is 10.6 Å². The number of hydrogen-bond donors (Lipinski definition) is 2. The largest absolute Gasteiger partial charge is 0.354 e. The first-order chi connectivity index (χ1) is 8.47. The molecule has 0 aliphatic rings. The van der Waals surface area contributed by atoms with Crippen molar-refractivity contribution >= 4 is 5.91 Å². The van der Waals surface area contributed by atoms with Gasteiger partial charge in [0.05, 0.1) is 5.54 Å². The molecule has 0 aromatic heterocycles. The third kappa shape index (κ3) is 4.15. The first kappa shape index (κ1) is 14.7. The molecular weight excluding hydrogens is 224 g/mol. The van der Waals surface area contributed by atoms with E-state index in [0.29, 0.717) is 12.5 Å². The summed E-state index contributed by atoms with van der Waals surface area (Å²) in [6, 6.07) is 10.2. The highest BCUT2D eigenvalue weighted by Crippen LogP contribution is 2.13. The van der Waals surface area contributed by atoms with Gasteiger partial charge in [-0.1, -0.05) is 44.2 Å². The molecule has 100 valence electrons. The van der Waals surface area contributed by atoms with Crippen LogP contribution in [0.3, 0.4) is 0 Å². The first-order valence-electron chi connectivity index (χ1n) is 6.55. The molecule has 3 nitrogen and oxygen atoms in total. The highest BCUT2D eigenvalue weighted by molar-refractivity contribution is 5.85. The van der Waals surface area contributed by atoms with Crippen molar-refractivity contribution in [2.45, 2.75) is 39.2 Å². The molecule has 0 aliphatic heterocycles. The quantitative estimate of drug-likeness (QED) is 0.811. The highest BCUT2D eigenvalue weighted by Gasteiger charge is 2.26. The Kier molecular flexibility index (Phi) is 5.35. The molecule has 3 heteroatoms. The summed E-state index contributed by atoms with van der Waals surface area (Å²) in [5.41, 5.74) is 0.740. The van der Waals surface area contributed by atoms with Crippen LogP contribution in [0.4, 0.5) is 0 Å². The van der Waals surface area contributed by atoms with Gasteiger partial charge in [-0.2, -0.15) is 0 Å². The molecule has 0 radical (unpaired) electrons. The molecule has 0 saturated carbocycles. The van der Waals surface area contributed by atoms with Crippen LogP contribution in [0.2, 0.25) is 0 Å². The lowest BCUT2D eigenvalue weighted by atomic mass is 10.00. The second-order valence-electron chi connectivity index (χ2n) is 5.18. The lowest BCUT2D eigenvalue weighted by Crippen LogP contribution is -2.53. The molecule has 1 aromatic carbocycles. The van der Waals surface area contributed by atoms with Crippen molar-refractivity contribution in [2.24, 2.45) is 0 Å². The van der Waals surface area contributed by atoms with Crippen molar-refractivity contribution in [3.05, 3.63) is 35.9 Å². The number of hydrogen-bond acceptors (Lipinski definition) is 2. The normalized spacial score (nSPS) is 13.1. The van der Waals surface area contributed by atoms with Crippen LogP contribution in [0.25, 0.3) is 0 Å². The van der Waals surface area contributed by atoms with Crippen LogP contribution in [-0.2, 0) is 4.79 Å². The van der Waals surface area contributed by atoms with Gasteiger partial charge in [-0.15, -0.1) is 0 Å². The minimum Gasteiger partial charge on any atom is -0.354 e. The molecule has 0 saturated heterocycles. The minimum absolute atomic E-state index is 0.0483. The van der Waals surface area contributed by atoms with Gasteiger partial charge >= 0.3 is 0 Å². The van der Waals surface area contributed by atoms with E-state index in [1.54, 1.807) is 0 Å². The predicted molar refractivity (Wildman–Crippen MR) is 75.6 cm³/mol. The topological polar surface area (TPSA) is 41.1 Å². The summed E-state index contributed by atoms with van der Waals surface area (Å²) >= 11 is 0. The Hall–Kier alpha value is -1.35. The zero-order valence-electron chi connectivity index (χ0n) is 11.8. The molecule has 1 atom stereocenters. The van der Waals surface area contributed by atoms with Crippen LogP contribution in [0.5, 0.6) is 0 Å². The average molecular weight is 248 g/mol. The fourth-order valence-corrected chi connectivity index (χ4v) is 1.89. The van der Waals surface area contributed by atoms with Crippen molar-refractivity contribution in [3.8, 4) is 0 Å². The maximum atomic E-state index is 12.0. The monoisotopic (exact) mass is 248 g/mol. The Bertz CT molecular complexity index is 373. The number of rotatable bonds is 6. The van der Waals surface area contributed by atoms with Crippen molar-refractivity contribution in [1.29, 1.82) is 0 Å². The first-order valence-corrected chi connectivity index (χ1v) is 6.55.